The molecule has 0 spiro atoms. The fourth-order valence-electron chi connectivity index (χ4n) is 0. The Kier molecular flexibility index (Phi) is 52.3. The van der Waals surface area contributed by atoms with E-state index in [4.69, 9.17) is 0 Å². The molecule has 0 N–H and O–H groups in total. The van der Waals surface area contributed by atoms with Gasteiger partial charge in [0.05, 0.1) is 0 Å². The molecule has 0 unspecified atom stereocenters. The summed E-state index contributed by atoms with van der Waals surface area (Å²) < 4.78 is 0. The van der Waals surface area contributed by atoms with Crippen LogP contribution in [0.15, 0.2) is 0 Å². The summed E-state index contributed by atoms with van der Waals surface area (Å²) in [4.78, 5) is 0. The molecule has 0 aliphatic heterocycles. The van der Waals surface area contributed by atoms with Gasteiger partial charge in [0.15, 0.2) is 0 Å². The molecule has 0 amide bonds. The first-order valence-electron chi connectivity index (χ1n) is 3.63. The molecule has 0 nitrogen and oxygen atoms in total. The zero-order chi connectivity index (χ0) is 12.6. The summed E-state index contributed by atoms with van der Waals surface area (Å²) in [7, 11) is 8.98. The molecule has 14 heavy (non-hydrogen) atoms. The van der Waals surface area contributed by atoms with Crippen LogP contribution in [0.4, 0.5) is 0 Å². The van der Waals surface area contributed by atoms with Gasteiger partial charge < -0.3 is 0 Å². The second-order valence-electron chi connectivity index (χ2n) is 2.56. The molecule has 0 saturated carbocycles. The van der Waals surface area contributed by atoms with Crippen LogP contribution < -0.4 is 0 Å². The van der Waals surface area contributed by atoms with Crippen molar-refractivity contribution >= 4 is 19.1 Å². The third-order valence-electron chi connectivity index (χ3n) is 0.816. The van der Waals surface area contributed by atoms with Crippen LogP contribution in [0.5, 0.6) is 0 Å². The van der Waals surface area contributed by atoms with Crippen LogP contribution in [-0.4, -0.2) is 0 Å². The van der Waals surface area contributed by atoms with Crippen molar-refractivity contribution in [2.45, 2.75) is 27.7 Å². The van der Waals surface area contributed by atoms with Gasteiger partial charge in [-0.25, -0.2) is 0 Å². The SMILES string of the molecule is [CH2][CH][C](C)C.[CH2][CH][C](C)C.[Cl][Pd+].[Cl][Pd+]. The quantitative estimate of drug-likeness (QED) is 0.569. The molecular formula is C10H18Cl2Pd2+2. The summed E-state index contributed by atoms with van der Waals surface area (Å²) in [6.45, 7) is 15.1. The van der Waals surface area contributed by atoms with Gasteiger partial charge >= 0.3 is 55.4 Å². The Labute approximate surface area is 121 Å². The van der Waals surface area contributed by atoms with Gasteiger partial charge in [0, 0.05) is 0 Å². The van der Waals surface area contributed by atoms with Crippen LogP contribution in [0.1, 0.15) is 27.7 Å². The second-order valence-corrected chi connectivity index (χ2v) is 2.56. The number of hydrogen-bond donors (Lipinski definition) is 0. The van der Waals surface area contributed by atoms with E-state index in [1.807, 2.05) is 40.5 Å². The molecular weight excluding hydrogens is 404 g/mol. The molecule has 6 radical (unpaired) electrons. The average molecular weight is 422 g/mol. The Morgan fingerprint density at radius 2 is 0.857 bits per heavy atom. The molecule has 0 saturated heterocycles. The topological polar surface area (TPSA) is 0 Å². The number of hydrogen-bond acceptors (Lipinski definition) is 0. The van der Waals surface area contributed by atoms with Gasteiger partial charge in [0.25, 0.3) is 0 Å². The fraction of sp³-hybridized carbons (Fsp3) is 0.400. The van der Waals surface area contributed by atoms with Gasteiger partial charge in [-0.05, 0) is 38.5 Å². The van der Waals surface area contributed by atoms with Gasteiger partial charge in [-0.15, -0.1) is 0 Å². The third-order valence-corrected chi connectivity index (χ3v) is 0.816. The molecule has 0 aliphatic carbocycles. The summed E-state index contributed by atoms with van der Waals surface area (Å²) >= 11 is 4.44. The van der Waals surface area contributed by atoms with Crippen molar-refractivity contribution in [2.24, 2.45) is 0 Å². The minimum absolute atomic E-state index is 1.27. The van der Waals surface area contributed by atoms with Crippen LogP contribution in [0.25, 0.3) is 0 Å². The molecule has 0 aliphatic rings. The van der Waals surface area contributed by atoms with Crippen molar-refractivity contribution in [3.05, 3.63) is 38.5 Å². The third kappa shape index (κ3) is 66.4. The van der Waals surface area contributed by atoms with Crippen LogP contribution in [-0.2, 0) is 36.4 Å². The maximum atomic E-state index is 4.49. The molecule has 4 heteroatoms. The summed E-state index contributed by atoms with van der Waals surface area (Å²) in [5.74, 6) is 2.54. The predicted octanol–water partition coefficient (Wildman–Crippen LogP) is 4.65. The van der Waals surface area contributed by atoms with Crippen LogP contribution in [0.2, 0.25) is 0 Å². The molecule has 0 atom stereocenters. The standard InChI is InChI=1S/2C5H9.2ClH.2Pd/c2*1-4-5(2)3;;;;/h2*4H,1H2,2-3H3;2*1H;;/q;;;;2*+2/p-2. The van der Waals surface area contributed by atoms with Crippen molar-refractivity contribution in [3.8, 4) is 0 Å². The van der Waals surface area contributed by atoms with Crippen molar-refractivity contribution in [1.82, 2.24) is 0 Å². The monoisotopic (exact) mass is 420 g/mol. The van der Waals surface area contributed by atoms with E-state index in [1.54, 1.807) is 0 Å². The maximum absolute atomic E-state index is 4.49. The van der Waals surface area contributed by atoms with Crippen molar-refractivity contribution in [3.63, 3.8) is 0 Å². The molecule has 0 bridgehead atoms. The van der Waals surface area contributed by atoms with Crippen molar-refractivity contribution in [1.29, 1.82) is 0 Å². The van der Waals surface area contributed by atoms with Gasteiger partial charge in [-0.2, -0.15) is 0 Å². The summed E-state index contributed by atoms with van der Waals surface area (Å²) in [5.41, 5.74) is 0. The Balaban J connectivity index is -0.0000000528. The summed E-state index contributed by atoms with van der Waals surface area (Å²) in [6, 6.07) is 0. The molecule has 0 fully saturated rings. The van der Waals surface area contributed by atoms with Gasteiger partial charge in [0.1, 0.15) is 0 Å². The second kappa shape index (κ2) is 29.4. The van der Waals surface area contributed by atoms with Crippen molar-refractivity contribution in [2.75, 3.05) is 0 Å². The first-order valence-corrected chi connectivity index (χ1v) is 7.64. The van der Waals surface area contributed by atoms with E-state index in [0.717, 1.165) is 0 Å². The summed E-state index contributed by atoms with van der Waals surface area (Å²) in [5, 5.41) is 0. The molecule has 0 heterocycles. The van der Waals surface area contributed by atoms with Gasteiger partial charge in [0.2, 0.25) is 0 Å². The van der Waals surface area contributed by atoms with E-state index >= 15 is 0 Å². The molecule has 0 rings (SSSR count). The van der Waals surface area contributed by atoms with Crippen LogP contribution in [0, 0.1) is 38.5 Å². The Bertz CT molecular complexity index is 52.1. The molecule has 0 aromatic carbocycles. The Morgan fingerprint density at radius 1 is 0.786 bits per heavy atom. The zero-order valence-corrected chi connectivity index (χ0v) is 13.6. The summed E-state index contributed by atoms with van der Waals surface area (Å²) in [6.07, 6.45) is 3.67. The van der Waals surface area contributed by atoms with Crippen LogP contribution in [0.3, 0.4) is 0 Å². The average Bonchev–Trinajstić information content (AvgIpc) is 2.24. The van der Waals surface area contributed by atoms with E-state index in [0.29, 0.717) is 0 Å². The van der Waals surface area contributed by atoms with Gasteiger partial charge in [-0.3, -0.25) is 0 Å². The molecule has 0 aromatic rings. The first kappa shape index (κ1) is 24.9. The Hall–Kier alpha value is 1.90. The molecule has 0 aromatic heterocycles. The molecule has 90 valence electrons. The van der Waals surface area contributed by atoms with E-state index in [1.165, 1.54) is 11.8 Å². The predicted molar refractivity (Wildman–Crippen MR) is 60.2 cm³/mol. The Morgan fingerprint density at radius 3 is 0.857 bits per heavy atom. The van der Waals surface area contributed by atoms with E-state index in [2.05, 4.69) is 69.3 Å². The normalized spacial score (nSPS) is 7.86. The van der Waals surface area contributed by atoms with Gasteiger partial charge in [-0.1, -0.05) is 27.7 Å². The van der Waals surface area contributed by atoms with Crippen molar-refractivity contribution < 1.29 is 36.4 Å². The zero-order valence-electron chi connectivity index (χ0n) is 8.96. The minimum atomic E-state index is 1.27. The van der Waals surface area contributed by atoms with E-state index < -0.39 is 0 Å². The van der Waals surface area contributed by atoms with E-state index in [-0.39, 0.29) is 0 Å². The number of halogens is 2. The first-order chi connectivity index (χ1) is 6.54. The van der Waals surface area contributed by atoms with Crippen LogP contribution >= 0.6 is 19.1 Å². The number of rotatable bonds is 2. The van der Waals surface area contributed by atoms with E-state index in [9.17, 15) is 0 Å². The fourth-order valence-corrected chi connectivity index (χ4v) is 0.